The standard InChI is InChI=1S/C23H25N5O2S/c1-24-21(29)17-26-11-13-27(14-12-26)22(30)10-9-18-16-28(19-6-3-2-4-7-19)25-23(18)20-8-5-15-31-20/h2-10,15-16H,11-14,17H2,1H3,(H,24,29). The second-order valence-corrected chi connectivity index (χ2v) is 8.25. The average Bonchev–Trinajstić information content (AvgIpc) is 3.48. The lowest BCUT2D eigenvalue weighted by Gasteiger charge is -2.33. The van der Waals surface area contributed by atoms with E-state index in [1.54, 1.807) is 24.5 Å². The summed E-state index contributed by atoms with van der Waals surface area (Å²) in [5.41, 5.74) is 2.73. The Balaban J connectivity index is 1.48. The molecule has 1 fully saturated rings. The van der Waals surface area contributed by atoms with Crippen LogP contribution in [0.15, 0.2) is 60.1 Å². The molecule has 1 aliphatic heterocycles. The minimum absolute atomic E-state index is 0.00351. The van der Waals surface area contributed by atoms with Crippen LogP contribution in [0.25, 0.3) is 22.3 Å². The van der Waals surface area contributed by atoms with E-state index in [9.17, 15) is 9.59 Å². The average molecular weight is 436 g/mol. The highest BCUT2D eigenvalue weighted by Gasteiger charge is 2.21. The Morgan fingerprint density at radius 3 is 2.55 bits per heavy atom. The van der Waals surface area contributed by atoms with Crippen molar-refractivity contribution in [1.82, 2.24) is 24.9 Å². The zero-order valence-electron chi connectivity index (χ0n) is 17.4. The van der Waals surface area contributed by atoms with Crippen molar-refractivity contribution in [1.29, 1.82) is 0 Å². The van der Waals surface area contributed by atoms with Gasteiger partial charge >= 0.3 is 0 Å². The molecule has 0 spiro atoms. The predicted molar refractivity (Wildman–Crippen MR) is 123 cm³/mol. The third-order valence-corrected chi connectivity index (χ3v) is 6.13. The van der Waals surface area contributed by atoms with Crippen LogP contribution in [0, 0.1) is 0 Å². The minimum Gasteiger partial charge on any atom is -0.358 e. The number of hydrogen-bond donors (Lipinski definition) is 1. The first kappa shape index (κ1) is 21.0. The highest BCUT2D eigenvalue weighted by atomic mass is 32.1. The van der Waals surface area contributed by atoms with Crippen molar-refractivity contribution in [3.05, 3.63) is 65.7 Å². The molecule has 1 aromatic carbocycles. The van der Waals surface area contributed by atoms with Gasteiger partial charge < -0.3 is 10.2 Å². The Morgan fingerprint density at radius 1 is 1.10 bits per heavy atom. The van der Waals surface area contributed by atoms with Crippen LogP contribution in [0.2, 0.25) is 0 Å². The van der Waals surface area contributed by atoms with Gasteiger partial charge in [0.1, 0.15) is 5.69 Å². The number of amides is 2. The first-order valence-electron chi connectivity index (χ1n) is 10.2. The van der Waals surface area contributed by atoms with E-state index < -0.39 is 0 Å². The van der Waals surface area contributed by atoms with Crippen molar-refractivity contribution in [2.75, 3.05) is 39.8 Å². The topological polar surface area (TPSA) is 70.5 Å². The van der Waals surface area contributed by atoms with E-state index in [1.807, 2.05) is 69.7 Å². The van der Waals surface area contributed by atoms with Crippen LogP contribution < -0.4 is 5.32 Å². The summed E-state index contributed by atoms with van der Waals surface area (Å²) in [5.74, 6) is -0.0274. The summed E-state index contributed by atoms with van der Waals surface area (Å²) >= 11 is 1.62. The molecule has 2 amide bonds. The van der Waals surface area contributed by atoms with E-state index in [1.165, 1.54) is 0 Å². The van der Waals surface area contributed by atoms with Gasteiger partial charge in [-0.15, -0.1) is 11.3 Å². The van der Waals surface area contributed by atoms with E-state index in [2.05, 4.69) is 10.2 Å². The van der Waals surface area contributed by atoms with Crippen molar-refractivity contribution < 1.29 is 9.59 Å². The number of carbonyl (C=O) groups excluding carboxylic acids is 2. The number of piperazine rings is 1. The Kier molecular flexibility index (Phi) is 6.59. The number of carbonyl (C=O) groups is 2. The molecule has 0 unspecified atom stereocenters. The van der Waals surface area contributed by atoms with Crippen LogP contribution in [-0.2, 0) is 9.59 Å². The number of rotatable bonds is 6. The number of likely N-dealkylation sites (N-methyl/N-ethyl adjacent to an activating group) is 1. The van der Waals surface area contributed by atoms with E-state index in [-0.39, 0.29) is 11.8 Å². The summed E-state index contributed by atoms with van der Waals surface area (Å²) < 4.78 is 1.84. The summed E-state index contributed by atoms with van der Waals surface area (Å²) in [6.07, 6.45) is 5.42. The largest absolute Gasteiger partial charge is 0.358 e. The lowest BCUT2D eigenvalue weighted by molar-refractivity contribution is -0.128. The molecule has 4 rings (SSSR count). The lowest BCUT2D eigenvalue weighted by atomic mass is 10.2. The van der Waals surface area contributed by atoms with Gasteiger partial charge in [0.05, 0.1) is 17.1 Å². The maximum atomic E-state index is 12.7. The van der Waals surface area contributed by atoms with Crippen molar-refractivity contribution in [3.8, 4) is 16.3 Å². The van der Waals surface area contributed by atoms with Crippen molar-refractivity contribution in [2.45, 2.75) is 0 Å². The number of benzene rings is 1. The maximum Gasteiger partial charge on any atom is 0.246 e. The maximum absolute atomic E-state index is 12.7. The fourth-order valence-electron chi connectivity index (χ4n) is 3.50. The molecule has 0 bridgehead atoms. The first-order chi connectivity index (χ1) is 15.1. The smallest absolute Gasteiger partial charge is 0.246 e. The van der Waals surface area contributed by atoms with Gasteiger partial charge in [-0.05, 0) is 29.7 Å². The Bertz CT molecular complexity index is 1050. The van der Waals surface area contributed by atoms with Crippen LogP contribution in [0.5, 0.6) is 0 Å². The first-order valence-corrected chi connectivity index (χ1v) is 11.1. The minimum atomic E-state index is -0.0239. The molecule has 8 heteroatoms. The fourth-order valence-corrected chi connectivity index (χ4v) is 4.23. The molecule has 2 aromatic heterocycles. The Hall–Kier alpha value is -3.23. The van der Waals surface area contributed by atoms with Crippen molar-refractivity contribution in [2.24, 2.45) is 0 Å². The second kappa shape index (κ2) is 9.72. The highest BCUT2D eigenvalue weighted by molar-refractivity contribution is 7.13. The van der Waals surface area contributed by atoms with Crippen molar-refractivity contribution >= 4 is 29.2 Å². The summed E-state index contributed by atoms with van der Waals surface area (Å²) in [7, 11) is 1.64. The highest BCUT2D eigenvalue weighted by Crippen LogP contribution is 2.28. The van der Waals surface area contributed by atoms with Gasteiger partial charge in [-0.1, -0.05) is 24.3 Å². The normalized spacial score (nSPS) is 14.8. The molecule has 1 N–H and O–H groups in total. The van der Waals surface area contributed by atoms with Gasteiger partial charge in [0, 0.05) is 51.1 Å². The molecule has 31 heavy (non-hydrogen) atoms. The quantitative estimate of drug-likeness (QED) is 0.604. The van der Waals surface area contributed by atoms with Crippen LogP contribution in [0.4, 0.5) is 0 Å². The summed E-state index contributed by atoms with van der Waals surface area (Å²) in [6.45, 7) is 2.98. The summed E-state index contributed by atoms with van der Waals surface area (Å²) in [6, 6.07) is 14.0. The lowest BCUT2D eigenvalue weighted by Crippen LogP contribution is -2.50. The molecule has 160 valence electrons. The van der Waals surface area contributed by atoms with Crippen LogP contribution in [0.3, 0.4) is 0 Å². The molecule has 1 saturated heterocycles. The van der Waals surface area contributed by atoms with Gasteiger partial charge in [-0.3, -0.25) is 14.5 Å². The van der Waals surface area contributed by atoms with Gasteiger partial charge in [-0.2, -0.15) is 5.10 Å². The van der Waals surface area contributed by atoms with E-state index in [0.29, 0.717) is 32.7 Å². The molecule has 7 nitrogen and oxygen atoms in total. The number of hydrogen-bond acceptors (Lipinski definition) is 5. The van der Waals surface area contributed by atoms with Crippen molar-refractivity contribution in [3.63, 3.8) is 0 Å². The Labute approximate surface area is 185 Å². The SMILES string of the molecule is CNC(=O)CN1CCN(C(=O)C=Cc2cn(-c3ccccc3)nc2-c2cccs2)CC1. The second-order valence-electron chi connectivity index (χ2n) is 7.30. The summed E-state index contributed by atoms with van der Waals surface area (Å²) in [5, 5.41) is 9.42. The molecule has 1 aliphatic rings. The monoisotopic (exact) mass is 435 g/mol. The number of thiophene rings is 1. The zero-order valence-corrected chi connectivity index (χ0v) is 18.2. The van der Waals surface area contributed by atoms with E-state index in [4.69, 9.17) is 5.10 Å². The molecule has 3 heterocycles. The predicted octanol–water partition coefficient (Wildman–Crippen LogP) is 2.50. The van der Waals surface area contributed by atoms with Gasteiger partial charge in [-0.25, -0.2) is 4.68 Å². The van der Waals surface area contributed by atoms with Crippen LogP contribution in [0.1, 0.15) is 5.56 Å². The van der Waals surface area contributed by atoms with Gasteiger partial charge in [0.15, 0.2) is 0 Å². The third kappa shape index (κ3) is 5.10. The van der Waals surface area contributed by atoms with E-state index in [0.717, 1.165) is 21.8 Å². The molecular formula is C23H25N5O2S. The number of aromatic nitrogens is 2. The molecule has 0 saturated carbocycles. The molecule has 3 aromatic rings. The van der Waals surface area contributed by atoms with Gasteiger partial charge in [0.2, 0.25) is 11.8 Å². The van der Waals surface area contributed by atoms with Crippen LogP contribution >= 0.6 is 11.3 Å². The molecule has 0 radical (unpaired) electrons. The molecule has 0 atom stereocenters. The fraction of sp³-hybridized carbons (Fsp3) is 0.261. The summed E-state index contributed by atoms with van der Waals surface area (Å²) in [4.78, 5) is 29.2. The Morgan fingerprint density at radius 2 is 1.87 bits per heavy atom. The van der Waals surface area contributed by atoms with Crippen LogP contribution in [-0.4, -0.2) is 71.2 Å². The third-order valence-electron chi connectivity index (χ3n) is 5.25. The van der Waals surface area contributed by atoms with Gasteiger partial charge in [0.25, 0.3) is 0 Å². The molecule has 0 aliphatic carbocycles. The molecular weight excluding hydrogens is 410 g/mol. The number of para-hydroxylation sites is 1. The zero-order chi connectivity index (χ0) is 21.6. The van der Waals surface area contributed by atoms with E-state index >= 15 is 0 Å². The number of nitrogens with zero attached hydrogens (tertiary/aromatic N) is 4. The number of nitrogens with one attached hydrogen (secondary N) is 1.